The van der Waals surface area contributed by atoms with Crippen molar-refractivity contribution >= 4 is 6.15 Å². The fraction of sp³-hybridized carbons (Fsp3) is 0.382. The van der Waals surface area contributed by atoms with Crippen molar-refractivity contribution in [2.45, 2.75) is 85.5 Å². The standard InChI is InChI=1S/C33H38F3N3O.CO2/c1-7-38-30(37-39(31(38)40)21-25-12-16-27(17-13-25)32(4,5)6)10-8-9-24-14-18-28(29(20-24)33(34,35)36)26-15-11-22(2)23(3)19-26;2-1-3/h11-20H,7-10,21H2,1-6H3;. The Bertz CT molecular complexity index is 1640. The summed E-state index contributed by atoms with van der Waals surface area (Å²) in [5.41, 5.74) is 4.83. The van der Waals surface area contributed by atoms with Gasteiger partial charge in [-0.15, -0.1) is 0 Å². The predicted molar refractivity (Wildman–Crippen MR) is 160 cm³/mol. The lowest BCUT2D eigenvalue weighted by Crippen LogP contribution is -2.25. The Morgan fingerprint density at radius 2 is 1.47 bits per heavy atom. The monoisotopic (exact) mass is 593 g/mol. The molecule has 9 heteroatoms. The highest BCUT2D eigenvalue weighted by atomic mass is 19.4. The first-order valence-corrected chi connectivity index (χ1v) is 14.2. The third kappa shape index (κ3) is 8.42. The molecule has 1 aromatic heterocycles. The van der Waals surface area contributed by atoms with Crippen LogP contribution in [0.25, 0.3) is 11.1 Å². The van der Waals surface area contributed by atoms with E-state index in [-0.39, 0.29) is 22.8 Å². The highest BCUT2D eigenvalue weighted by molar-refractivity contribution is 5.69. The van der Waals surface area contributed by atoms with Crippen LogP contribution in [0, 0.1) is 13.8 Å². The Kier molecular flexibility index (Phi) is 10.7. The summed E-state index contributed by atoms with van der Waals surface area (Å²) in [4.78, 5) is 29.2. The third-order valence-electron chi connectivity index (χ3n) is 7.54. The second-order valence-electron chi connectivity index (χ2n) is 11.7. The van der Waals surface area contributed by atoms with Gasteiger partial charge in [0.15, 0.2) is 0 Å². The van der Waals surface area contributed by atoms with E-state index in [4.69, 9.17) is 9.59 Å². The Labute approximate surface area is 250 Å². The number of hydrogen-bond acceptors (Lipinski definition) is 4. The van der Waals surface area contributed by atoms with Crippen LogP contribution >= 0.6 is 0 Å². The average Bonchev–Trinajstić information content (AvgIpc) is 3.23. The normalized spacial score (nSPS) is 11.6. The number of aromatic nitrogens is 3. The number of rotatable bonds is 8. The molecule has 0 atom stereocenters. The van der Waals surface area contributed by atoms with Gasteiger partial charge < -0.3 is 0 Å². The van der Waals surface area contributed by atoms with E-state index in [0.29, 0.717) is 49.3 Å². The number of nitrogens with zero attached hydrogens (tertiary/aromatic N) is 3. The fourth-order valence-corrected chi connectivity index (χ4v) is 4.97. The number of hydrogen-bond donors (Lipinski definition) is 0. The molecule has 0 aliphatic rings. The molecule has 4 aromatic rings. The summed E-state index contributed by atoms with van der Waals surface area (Å²) in [6.45, 7) is 13.1. The van der Waals surface area contributed by atoms with E-state index in [1.807, 2.05) is 39.0 Å². The fourth-order valence-electron chi connectivity index (χ4n) is 4.97. The van der Waals surface area contributed by atoms with Gasteiger partial charge in [0.25, 0.3) is 0 Å². The molecular formula is C34H38F3N3O3. The van der Waals surface area contributed by atoms with E-state index in [9.17, 15) is 18.0 Å². The molecule has 1 heterocycles. The first-order chi connectivity index (χ1) is 20.2. The zero-order valence-electron chi connectivity index (χ0n) is 25.5. The maximum Gasteiger partial charge on any atom is 0.417 e. The summed E-state index contributed by atoms with van der Waals surface area (Å²) >= 11 is 0. The molecular weight excluding hydrogens is 555 g/mol. The van der Waals surface area contributed by atoms with Crippen LogP contribution in [0.15, 0.2) is 65.5 Å². The largest absolute Gasteiger partial charge is 0.417 e. The van der Waals surface area contributed by atoms with E-state index in [2.05, 4.69) is 38.0 Å². The Morgan fingerprint density at radius 3 is 2.02 bits per heavy atom. The molecule has 6 nitrogen and oxygen atoms in total. The highest BCUT2D eigenvalue weighted by Gasteiger charge is 2.34. The predicted octanol–water partition coefficient (Wildman–Crippen LogP) is 7.30. The number of carbonyl (C=O) groups excluding carboxylic acids is 2. The third-order valence-corrected chi connectivity index (χ3v) is 7.54. The van der Waals surface area contributed by atoms with Crippen molar-refractivity contribution < 1.29 is 22.8 Å². The van der Waals surface area contributed by atoms with E-state index in [1.54, 1.807) is 28.8 Å². The number of benzene rings is 3. The lowest BCUT2D eigenvalue weighted by atomic mass is 9.87. The minimum absolute atomic E-state index is 0.0488. The van der Waals surface area contributed by atoms with Crippen LogP contribution in [0.2, 0.25) is 0 Å². The molecule has 0 bridgehead atoms. The second kappa shape index (κ2) is 13.8. The van der Waals surface area contributed by atoms with Crippen molar-refractivity contribution in [3.63, 3.8) is 0 Å². The molecule has 43 heavy (non-hydrogen) atoms. The first-order valence-electron chi connectivity index (χ1n) is 14.2. The summed E-state index contributed by atoms with van der Waals surface area (Å²) in [6.07, 6.45) is -2.68. The molecule has 0 spiro atoms. The van der Waals surface area contributed by atoms with Crippen LogP contribution in [-0.4, -0.2) is 20.5 Å². The van der Waals surface area contributed by atoms with Crippen molar-refractivity contribution in [3.05, 3.63) is 110 Å². The summed E-state index contributed by atoms with van der Waals surface area (Å²) in [5.74, 6) is 0.654. The van der Waals surface area contributed by atoms with Gasteiger partial charge in [0.1, 0.15) is 5.82 Å². The molecule has 3 aromatic carbocycles. The van der Waals surface area contributed by atoms with E-state index in [0.717, 1.165) is 16.7 Å². The zero-order valence-corrected chi connectivity index (χ0v) is 25.5. The van der Waals surface area contributed by atoms with Gasteiger partial charge in [0.2, 0.25) is 0 Å². The Hall–Kier alpha value is -4.23. The van der Waals surface area contributed by atoms with E-state index >= 15 is 0 Å². The maximum absolute atomic E-state index is 14.0. The minimum Gasteiger partial charge on any atom is -0.279 e. The summed E-state index contributed by atoms with van der Waals surface area (Å²) in [7, 11) is 0. The van der Waals surface area contributed by atoms with Crippen LogP contribution in [0.1, 0.15) is 73.3 Å². The zero-order chi connectivity index (χ0) is 31.9. The van der Waals surface area contributed by atoms with Gasteiger partial charge in [0, 0.05) is 13.0 Å². The molecule has 0 radical (unpaired) electrons. The van der Waals surface area contributed by atoms with Gasteiger partial charge in [0.05, 0.1) is 12.1 Å². The summed E-state index contributed by atoms with van der Waals surface area (Å²) < 4.78 is 45.2. The van der Waals surface area contributed by atoms with Crippen molar-refractivity contribution in [2.24, 2.45) is 0 Å². The van der Waals surface area contributed by atoms with Crippen molar-refractivity contribution in [1.82, 2.24) is 14.3 Å². The van der Waals surface area contributed by atoms with Gasteiger partial charge in [-0.2, -0.15) is 27.9 Å². The van der Waals surface area contributed by atoms with E-state index < -0.39 is 11.7 Å². The van der Waals surface area contributed by atoms with Crippen LogP contribution in [-0.2, 0) is 47.1 Å². The van der Waals surface area contributed by atoms with Crippen molar-refractivity contribution in [2.75, 3.05) is 0 Å². The highest BCUT2D eigenvalue weighted by Crippen LogP contribution is 2.38. The van der Waals surface area contributed by atoms with E-state index in [1.165, 1.54) is 16.3 Å². The molecule has 0 N–H and O–H groups in total. The van der Waals surface area contributed by atoms with Gasteiger partial charge in [-0.25, -0.2) is 9.48 Å². The summed E-state index contributed by atoms with van der Waals surface area (Å²) in [6, 6.07) is 18.2. The number of halogens is 3. The van der Waals surface area contributed by atoms with Gasteiger partial charge in [-0.3, -0.25) is 4.57 Å². The molecule has 0 amide bonds. The lowest BCUT2D eigenvalue weighted by molar-refractivity contribution is -0.191. The lowest BCUT2D eigenvalue weighted by Gasteiger charge is -2.19. The van der Waals surface area contributed by atoms with Gasteiger partial charge >= 0.3 is 18.0 Å². The number of aryl methyl sites for hydroxylation is 4. The summed E-state index contributed by atoms with van der Waals surface area (Å²) in [5, 5.41) is 4.59. The van der Waals surface area contributed by atoms with Gasteiger partial charge in [-0.1, -0.05) is 75.4 Å². The number of alkyl halides is 3. The van der Waals surface area contributed by atoms with Crippen LogP contribution in [0.3, 0.4) is 0 Å². The van der Waals surface area contributed by atoms with Gasteiger partial charge in [-0.05, 0) is 84.0 Å². The van der Waals surface area contributed by atoms with Crippen LogP contribution in [0.5, 0.6) is 0 Å². The molecule has 0 fully saturated rings. The van der Waals surface area contributed by atoms with Crippen molar-refractivity contribution in [3.8, 4) is 11.1 Å². The molecule has 0 saturated carbocycles. The molecule has 4 rings (SSSR count). The SMILES string of the molecule is CCn1c(CCCc2ccc(-c3ccc(C)c(C)c3)c(C(F)(F)F)c2)nn(Cc2ccc(C(C)(C)C)cc2)c1=O.O=C=O. The molecule has 0 saturated heterocycles. The molecule has 0 aliphatic carbocycles. The topological polar surface area (TPSA) is 74.0 Å². The quantitative estimate of drug-likeness (QED) is 0.215. The van der Waals surface area contributed by atoms with Crippen LogP contribution in [0.4, 0.5) is 13.2 Å². The van der Waals surface area contributed by atoms with Crippen molar-refractivity contribution in [1.29, 1.82) is 0 Å². The maximum atomic E-state index is 14.0. The average molecular weight is 594 g/mol. The van der Waals surface area contributed by atoms with Crippen LogP contribution < -0.4 is 5.69 Å². The Morgan fingerprint density at radius 1 is 0.837 bits per heavy atom. The molecule has 0 unspecified atom stereocenters. The second-order valence-corrected chi connectivity index (χ2v) is 11.7. The Balaban J connectivity index is 0.00000162. The molecule has 0 aliphatic heterocycles. The minimum atomic E-state index is -4.46. The smallest absolute Gasteiger partial charge is 0.279 e. The molecule has 228 valence electrons. The first kappa shape index (κ1) is 33.3.